The number of ether oxygens (including phenoxy) is 3. The van der Waals surface area contributed by atoms with Gasteiger partial charge in [0.05, 0.1) is 26.9 Å². The van der Waals surface area contributed by atoms with Crippen LogP contribution in [-0.4, -0.2) is 51.5 Å². The summed E-state index contributed by atoms with van der Waals surface area (Å²) in [4.78, 5) is 2.34. The van der Waals surface area contributed by atoms with Crippen molar-refractivity contribution in [2.45, 2.75) is 12.6 Å². The minimum absolute atomic E-state index is 0.127. The number of hydrogen-bond donors (Lipinski definition) is 1. The van der Waals surface area contributed by atoms with Gasteiger partial charge in [-0.05, 0) is 17.7 Å². The van der Waals surface area contributed by atoms with Gasteiger partial charge >= 0.3 is 0 Å². The van der Waals surface area contributed by atoms with E-state index in [2.05, 4.69) is 20.8 Å². The molecular formula is C14H21BrN2O3. The number of methoxy groups -OCH3 is 2. The number of halogens is 1. The number of nitrogens with zero attached hydrogens (tertiary/aromatic N) is 1. The van der Waals surface area contributed by atoms with E-state index in [1.54, 1.807) is 14.2 Å². The van der Waals surface area contributed by atoms with E-state index in [9.17, 15) is 0 Å². The first kappa shape index (κ1) is 15.6. The topological polar surface area (TPSA) is 57.0 Å². The highest BCUT2D eigenvalue weighted by atomic mass is 79.9. The lowest BCUT2D eigenvalue weighted by Crippen LogP contribution is -2.45. The summed E-state index contributed by atoms with van der Waals surface area (Å²) in [6.07, 6.45) is 0.127. The van der Waals surface area contributed by atoms with Gasteiger partial charge in [-0.2, -0.15) is 0 Å². The van der Waals surface area contributed by atoms with E-state index in [0.29, 0.717) is 6.54 Å². The third-order valence-electron chi connectivity index (χ3n) is 3.43. The van der Waals surface area contributed by atoms with Crippen LogP contribution < -0.4 is 15.2 Å². The molecule has 2 rings (SSSR count). The molecule has 20 heavy (non-hydrogen) atoms. The smallest absolute Gasteiger partial charge is 0.161 e. The molecule has 0 bridgehead atoms. The minimum atomic E-state index is 0.127. The Morgan fingerprint density at radius 3 is 2.70 bits per heavy atom. The van der Waals surface area contributed by atoms with E-state index in [4.69, 9.17) is 19.9 Å². The molecule has 1 aromatic rings. The van der Waals surface area contributed by atoms with Crippen LogP contribution in [0.2, 0.25) is 0 Å². The van der Waals surface area contributed by atoms with Crippen LogP contribution >= 0.6 is 15.9 Å². The third kappa shape index (κ3) is 3.63. The Balaban J connectivity index is 2.12. The molecule has 2 N–H and O–H groups in total. The maximum Gasteiger partial charge on any atom is 0.161 e. The number of rotatable bonds is 5. The number of hydrogen-bond acceptors (Lipinski definition) is 5. The van der Waals surface area contributed by atoms with Crippen molar-refractivity contribution in [3.05, 3.63) is 22.2 Å². The van der Waals surface area contributed by atoms with E-state index in [-0.39, 0.29) is 6.10 Å². The fourth-order valence-electron chi connectivity index (χ4n) is 2.32. The predicted octanol–water partition coefficient (Wildman–Crippen LogP) is 1.63. The standard InChI is InChI=1S/C14H21BrN2O3/c1-18-13-5-10(12(15)6-14(13)19-2)8-17-3-4-20-11(7-16)9-17/h5-6,11H,3-4,7-9,16H2,1-2H3. The monoisotopic (exact) mass is 344 g/mol. The zero-order valence-corrected chi connectivity index (χ0v) is 13.5. The summed E-state index contributed by atoms with van der Waals surface area (Å²) < 4.78 is 17.2. The zero-order chi connectivity index (χ0) is 14.5. The molecule has 0 aliphatic carbocycles. The summed E-state index contributed by atoms with van der Waals surface area (Å²) in [6.45, 7) is 3.89. The second-order valence-corrected chi connectivity index (χ2v) is 5.62. The summed E-state index contributed by atoms with van der Waals surface area (Å²) >= 11 is 3.59. The highest BCUT2D eigenvalue weighted by Gasteiger charge is 2.20. The van der Waals surface area contributed by atoms with Gasteiger partial charge in [-0.3, -0.25) is 4.90 Å². The molecule has 112 valence electrons. The molecule has 1 saturated heterocycles. The Morgan fingerprint density at radius 1 is 1.35 bits per heavy atom. The van der Waals surface area contributed by atoms with Gasteiger partial charge in [0.1, 0.15) is 0 Å². The molecule has 0 saturated carbocycles. The van der Waals surface area contributed by atoms with Crippen molar-refractivity contribution in [3.63, 3.8) is 0 Å². The average Bonchev–Trinajstić information content (AvgIpc) is 2.49. The van der Waals surface area contributed by atoms with Crippen LogP contribution in [0.25, 0.3) is 0 Å². The maximum atomic E-state index is 5.67. The lowest BCUT2D eigenvalue weighted by molar-refractivity contribution is -0.0261. The van der Waals surface area contributed by atoms with Crippen molar-refractivity contribution in [3.8, 4) is 11.5 Å². The summed E-state index contributed by atoms with van der Waals surface area (Å²) in [5.41, 5.74) is 6.84. The summed E-state index contributed by atoms with van der Waals surface area (Å²) in [5, 5.41) is 0. The fourth-order valence-corrected chi connectivity index (χ4v) is 2.77. The van der Waals surface area contributed by atoms with Crippen molar-refractivity contribution in [1.29, 1.82) is 0 Å². The molecule has 6 heteroatoms. The van der Waals surface area contributed by atoms with Crippen LogP contribution in [-0.2, 0) is 11.3 Å². The van der Waals surface area contributed by atoms with Crippen molar-refractivity contribution < 1.29 is 14.2 Å². The number of nitrogens with two attached hydrogens (primary N) is 1. The Kier molecular flexibility index (Phi) is 5.65. The maximum absolute atomic E-state index is 5.67. The zero-order valence-electron chi connectivity index (χ0n) is 11.9. The first-order valence-corrected chi connectivity index (χ1v) is 7.41. The van der Waals surface area contributed by atoms with E-state index < -0.39 is 0 Å². The molecule has 0 radical (unpaired) electrons. The van der Waals surface area contributed by atoms with E-state index in [1.807, 2.05) is 12.1 Å². The second kappa shape index (κ2) is 7.26. The van der Waals surface area contributed by atoms with Crippen molar-refractivity contribution >= 4 is 15.9 Å². The fraction of sp³-hybridized carbons (Fsp3) is 0.571. The van der Waals surface area contributed by atoms with Crippen LogP contribution in [0, 0.1) is 0 Å². The largest absolute Gasteiger partial charge is 0.493 e. The summed E-state index contributed by atoms with van der Waals surface area (Å²) in [7, 11) is 3.28. The van der Waals surface area contributed by atoms with Crippen molar-refractivity contribution in [2.24, 2.45) is 5.73 Å². The molecule has 1 aliphatic heterocycles. The lowest BCUT2D eigenvalue weighted by atomic mass is 10.1. The Labute approximate surface area is 128 Å². The molecule has 0 spiro atoms. The molecule has 1 aliphatic rings. The first-order chi connectivity index (χ1) is 9.67. The highest BCUT2D eigenvalue weighted by Crippen LogP contribution is 2.34. The highest BCUT2D eigenvalue weighted by molar-refractivity contribution is 9.10. The Morgan fingerprint density at radius 2 is 2.05 bits per heavy atom. The second-order valence-electron chi connectivity index (χ2n) is 4.76. The van der Waals surface area contributed by atoms with Gasteiger partial charge in [0.2, 0.25) is 0 Å². The Hall–Kier alpha value is -0.820. The molecule has 0 amide bonds. The van der Waals surface area contributed by atoms with E-state index >= 15 is 0 Å². The SMILES string of the molecule is COc1cc(Br)c(CN2CCOC(CN)C2)cc1OC. The number of morpholine rings is 1. The van der Waals surface area contributed by atoms with Crippen LogP contribution in [0.4, 0.5) is 0 Å². The van der Waals surface area contributed by atoms with Gasteiger partial charge in [-0.25, -0.2) is 0 Å². The van der Waals surface area contributed by atoms with E-state index in [0.717, 1.165) is 42.2 Å². The molecule has 1 heterocycles. The number of benzene rings is 1. The van der Waals surface area contributed by atoms with Gasteiger partial charge < -0.3 is 19.9 Å². The van der Waals surface area contributed by atoms with Gasteiger partial charge in [0.25, 0.3) is 0 Å². The predicted molar refractivity (Wildman–Crippen MR) is 81.3 cm³/mol. The first-order valence-electron chi connectivity index (χ1n) is 6.62. The molecule has 1 fully saturated rings. The quantitative estimate of drug-likeness (QED) is 0.879. The van der Waals surface area contributed by atoms with Crippen LogP contribution in [0.5, 0.6) is 11.5 Å². The average molecular weight is 345 g/mol. The van der Waals surface area contributed by atoms with Crippen molar-refractivity contribution in [2.75, 3.05) is 40.5 Å². The summed E-state index contributed by atoms with van der Waals surface area (Å²) in [6, 6.07) is 3.95. The minimum Gasteiger partial charge on any atom is -0.493 e. The molecule has 1 aromatic carbocycles. The molecule has 0 aromatic heterocycles. The van der Waals surface area contributed by atoms with Gasteiger partial charge in [-0.1, -0.05) is 15.9 Å². The van der Waals surface area contributed by atoms with Crippen LogP contribution in [0.3, 0.4) is 0 Å². The Bertz CT molecular complexity index is 456. The van der Waals surface area contributed by atoms with Crippen molar-refractivity contribution in [1.82, 2.24) is 4.90 Å². The molecule has 5 nitrogen and oxygen atoms in total. The van der Waals surface area contributed by atoms with Gasteiger partial charge in [0, 0.05) is 30.7 Å². The van der Waals surface area contributed by atoms with Gasteiger partial charge in [0.15, 0.2) is 11.5 Å². The van der Waals surface area contributed by atoms with Crippen LogP contribution in [0.15, 0.2) is 16.6 Å². The van der Waals surface area contributed by atoms with Gasteiger partial charge in [-0.15, -0.1) is 0 Å². The van der Waals surface area contributed by atoms with E-state index in [1.165, 1.54) is 5.56 Å². The molecule has 1 unspecified atom stereocenters. The molecular weight excluding hydrogens is 324 g/mol. The summed E-state index contributed by atoms with van der Waals surface area (Å²) in [5.74, 6) is 1.47. The lowest BCUT2D eigenvalue weighted by Gasteiger charge is -2.32. The normalized spacial score (nSPS) is 19.9. The third-order valence-corrected chi connectivity index (χ3v) is 4.17. The van der Waals surface area contributed by atoms with Crippen LogP contribution in [0.1, 0.15) is 5.56 Å². The molecule has 1 atom stereocenters.